The Hall–Kier alpha value is -3.13. The summed E-state index contributed by atoms with van der Waals surface area (Å²) in [6, 6.07) is 8.85. The molecule has 0 spiro atoms. The van der Waals surface area contributed by atoms with Crippen molar-refractivity contribution < 1.29 is 19.4 Å². The first-order valence-corrected chi connectivity index (χ1v) is 10.1. The lowest BCUT2D eigenvalue weighted by molar-refractivity contribution is -0.613. The zero-order chi connectivity index (χ0) is 21.3. The Morgan fingerprint density at radius 1 is 1.40 bits per heavy atom. The molecule has 0 atom stereocenters. The molecule has 30 heavy (non-hydrogen) atoms. The van der Waals surface area contributed by atoms with Crippen LogP contribution in [0.1, 0.15) is 44.3 Å². The van der Waals surface area contributed by atoms with Crippen molar-refractivity contribution in [2.75, 3.05) is 12.4 Å². The van der Waals surface area contributed by atoms with Crippen LogP contribution < -0.4 is 14.8 Å². The molecule has 0 bridgehead atoms. The Morgan fingerprint density at radius 2 is 2.17 bits per heavy atom. The average Bonchev–Trinajstić information content (AvgIpc) is 3.11. The number of carbonyl (C=O) groups is 1. The molecule has 0 unspecified atom stereocenters. The van der Waals surface area contributed by atoms with Gasteiger partial charge in [-0.3, -0.25) is 9.48 Å². The van der Waals surface area contributed by atoms with E-state index in [0.29, 0.717) is 21.9 Å². The first-order chi connectivity index (χ1) is 14.3. The summed E-state index contributed by atoms with van der Waals surface area (Å²) in [6.07, 6.45) is 6.54. The number of fused-ring (bicyclic) bond motifs is 1. The van der Waals surface area contributed by atoms with Crippen molar-refractivity contribution in [2.45, 2.75) is 50.7 Å². The fraction of sp³-hybridized carbons (Fsp3) is 0.409. The quantitative estimate of drug-likeness (QED) is 0.497. The number of rotatable bonds is 5. The molecule has 1 saturated carbocycles. The fourth-order valence-electron chi connectivity index (χ4n) is 3.97. The molecule has 1 aliphatic rings. The van der Waals surface area contributed by atoms with Crippen molar-refractivity contribution in [3.8, 4) is 5.75 Å². The van der Waals surface area contributed by atoms with Crippen LogP contribution in [-0.4, -0.2) is 33.5 Å². The summed E-state index contributed by atoms with van der Waals surface area (Å²) in [5.74, 6) is 0.209. The first-order valence-electron chi connectivity index (χ1n) is 10.1. The lowest BCUT2D eigenvalue weighted by Gasteiger charge is -2.33. The predicted octanol–water partition coefficient (Wildman–Crippen LogP) is 2.73. The summed E-state index contributed by atoms with van der Waals surface area (Å²) < 4.78 is 8.09. The number of nitrogens with zero attached hydrogens (tertiary/aromatic N) is 3. The summed E-state index contributed by atoms with van der Waals surface area (Å²) in [5.41, 5.74) is 1.10. The summed E-state index contributed by atoms with van der Waals surface area (Å²) >= 11 is 0. The number of aliphatic hydroxyl groups is 1. The number of methoxy groups -OCH3 is 1. The van der Waals surface area contributed by atoms with Crippen molar-refractivity contribution in [3.05, 3.63) is 53.6 Å². The number of anilines is 1. The lowest BCUT2D eigenvalue weighted by Crippen LogP contribution is -2.33. The number of hydrogen-bond acceptors (Lipinski definition) is 5. The number of amides is 1. The molecule has 0 radical (unpaired) electrons. The molecule has 0 aliphatic heterocycles. The summed E-state index contributed by atoms with van der Waals surface area (Å²) in [7, 11) is 1.54. The van der Waals surface area contributed by atoms with Gasteiger partial charge in [-0.1, -0.05) is 0 Å². The van der Waals surface area contributed by atoms with Crippen LogP contribution in [0.25, 0.3) is 10.9 Å². The van der Waals surface area contributed by atoms with Crippen LogP contribution >= 0.6 is 0 Å². The standard InChI is InChI=1S/C22H26N4O4/c1-22(28)8-6-16(7-9-22)25-14-15-11-19(20(30-2)13-18(15)24-25)23-21(27)12-17-5-3-4-10-26(17)29/h3-5,10-11,13-14,16,28H,6-9,12H2,1-2H3,(H,23,27). The van der Waals surface area contributed by atoms with E-state index in [9.17, 15) is 15.1 Å². The highest BCUT2D eigenvalue weighted by molar-refractivity contribution is 5.96. The van der Waals surface area contributed by atoms with Crippen LogP contribution in [0.3, 0.4) is 0 Å². The van der Waals surface area contributed by atoms with E-state index in [1.54, 1.807) is 31.4 Å². The Morgan fingerprint density at radius 3 is 2.87 bits per heavy atom. The van der Waals surface area contributed by atoms with Crippen molar-refractivity contribution in [2.24, 2.45) is 0 Å². The Labute approximate surface area is 174 Å². The Balaban J connectivity index is 1.55. The van der Waals surface area contributed by atoms with Gasteiger partial charge in [-0.25, -0.2) is 0 Å². The maximum atomic E-state index is 12.5. The smallest absolute Gasteiger partial charge is 0.235 e. The maximum Gasteiger partial charge on any atom is 0.235 e. The van der Waals surface area contributed by atoms with Gasteiger partial charge in [0, 0.05) is 29.8 Å². The number of ether oxygens (including phenoxy) is 1. The van der Waals surface area contributed by atoms with E-state index < -0.39 is 5.60 Å². The van der Waals surface area contributed by atoms with E-state index in [0.717, 1.165) is 36.6 Å². The summed E-state index contributed by atoms with van der Waals surface area (Å²) in [6.45, 7) is 1.88. The van der Waals surface area contributed by atoms with Gasteiger partial charge < -0.3 is 20.4 Å². The molecule has 8 nitrogen and oxygen atoms in total. The zero-order valence-corrected chi connectivity index (χ0v) is 17.2. The zero-order valence-electron chi connectivity index (χ0n) is 17.2. The first kappa shape index (κ1) is 20.2. The van der Waals surface area contributed by atoms with Crippen LogP contribution in [0.15, 0.2) is 42.7 Å². The molecular weight excluding hydrogens is 384 g/mol. The number of nitrogens with one attached hydrogen (secondary N) is 1. The normalized spacial score (nSPS) is 21.5. The van der Waals surface area contributed by atoms with E-state index >= 15 is 0 Å². The minimum Gasteiger partial charge on any atom is -0.618 e. The van der Waals surface area contributed by atoms with E-state index in [2.05, 4.69) is 5.32 Å². The molecule has 1 aromatic carbocycles. The molecule has 1 fully saturated rings. The molecule has 158 valence electrons. The van der Waals surface area contributed by atoms with Crippen LogP contribution in [0.2, 0.25) is 0 Å². The highest BCUT2D eigenvalue weighted by Crippen LogP contribution is 2.36. The van der Waals surface area contributed by atoms with Gasteiger partial charge in [-0.05, 0) is 44.7 Å². The van der Waals surface area contributed by atoms with Gasteiger partial charge in [0.2, 0.25) is 11.6 Å². The molecular formula is C22H26N4O4. The number of benzene rings is 1. The van der Waals surface area contributed by atoms with Gasteiger partial charge in [0.05, 0.1) is 30.0 Å². The minimum atomic E-state index is -0.593. The highest BCUT2D eigenvalue weighted by atomic mass is 16.5. The monoisotopic (exact) mass is 410 g/mol. The fourth-order valence-corrected chi connectivity index (χ4v) is 3.97. The second-order valence-corrected chi connectivity index (χ2v) is 8.19. The molecule has 1 aliphatic carbocycles. The van der Waals surface area contributed by atoms with Crippen LogP contribution in [0.4, 0.5) is 5.69 Å². The molecule has 2 aromatic heterocycles. The Bertz CT molecular complexity index is 1070. The van der Waals surface area contributed by atoms with Gasteiger partial charge in [-0.15, -0.1) is 0 Å². The third kappa shape index (κ3) is 4.23. The van der Waals surface area contributed by atoms with Gasteiger partial charge in [0.25, 0.3) is 0 Å². The summed E-state index contributed by atoms with van der Waals surface area (Å²) in [4.78, 5) is 12.5. The van der Waals surface area contributed by atoms with Crippen molar-refractivity contribution in [1.29, 1.82) is 0 Å². The number of hydrogen-bond donors (Lipinski definition) is 2. The van der Waals surface area contributed by atoms with Crippen LogP contribution in [0.5, 0.6) is 5.75 Å². The van der Waals surface area contributed by atoms with Gasteiger partial charge in [-0.2, -0.15) is 9.83 Å². The molecule has 1 amide bonds. The van der Waals surface area contributed by atoms with E-state index in [1.165, 1.54) is 6.20 Å². The van der Waals surface area contributed by atoms with Crippen molar-refractivity contribution in [1.82, 2.24) is 9.78 Å². The minimum absolute atomic E-state index is 0.0349. The van der Waals surface area contributed by atoms with E-state index in [-0.39, 0.29) is 18.4 Å². The predicted molar refractivity (Wildman–Crippen MR) is 112 cm³/mol. The van der Waals surface area contributed by atoms with Crippen LogP contribution in [-0.2, 0) is 11.2 Å². The Kier molecular flexibility index (Phi) is 5.34. The number of carbonyl (C=O) groups excluding carboxylic acids is 1. The summed E-state index contributed by atoms with van der Waals surface area (Å²) in [5, 5.41) is 30.4. The topological polar surface area (TPSA) is 103 Å². The third-order valence-corrected chi connectivity index (χ3v) is 5.77. The molecule has 2 N–H and O–H groups in total. The SMILES string of the molecule is COc1cc2nn(C3CCC(C)(O)CC3)cc2cc1NC(=O)Cc1cccc[n+]1[O-]. The van der Waals surface area contributed by atoms with Crippen LogP contribution in [0, 0.1) is 5.21 Å². The van der Waals surface area contributed by atoms with E-state index in [4.69, 9.17) is 9.84 Å². The highest BCUT2D eigenvalue weighted by Gasteiger charge is 2.30. The second-order valence-electron chi connectivity index (χ2n) is 8.19. The number of aromatic nitrogens is 3. The third-order valence-electron chi connectivity index (χ3n) is 5.77. The molecule has 3 aromatic rings. The maximum absolute atomic E-state index is 12.5. The van der Waals surface area contributed by atoms with Crippen molar-refractivity contribution in [3.63, 3.8) is 0 Å². The molecule has 2 heterocycles. The largest absolute Gasteiger partial charge is 0.618 e. The van der Waals surface area contributed by atoms with Crippen molar-refractivity contribution >= 4 is 22.5 Å². The van der Waals surface area contributed by atoms with Gasteiger partial charge >= 0.3 is 0 Å². The second kappa shape index (κ2) is 7.95. The van der Waals surface area contributed by atoms with Gasteiger partial charge in [0.15, 0.2) is 6.20 Å². The average molecular weight is 410 g/mol. The van der Waals surface area contributed by atoms with Gasteiger partial charge in [0.1, 0.15) is 12.2 Å². The van der Waals surface area contributed by atoms with E-state index in [1.807, 2.05) is 23.9 Å². The molecule has 8 heteroatoms. The number of pyridine rings is 1. The molecule has 4 rings (SSSR count). The molecule has 0 saturated heterocycles. The lowest BCUT2D eigenvalue weighted by atomic mass is 9.84.